The smallest absolute Gasteiger partial charge is 0.343 e. The first-order valence-corrected chi connectivity index (χ1v) is 6.86. The minimum Gasteiger partial charge on any atom is -0.477 e. The molecular formula is C16H9F2N3O4. The second-order valence-electron chi connectivity index (χ2n) is 4.89. The number of aromatic nitrogens is 2. The predicted molar refractivity (Wildman–Crippen MR) is 81.0 cm³/mol. The lowest BCUT2D eigenvalue weighted by Crippen LogP contribution is -2.14. The Balaban J connectivity index is 1.97. The molecule has 9 heteroatoms. The quantitative estimate of drug-likeness (QED) is 0.753. The van der Waals surface area contributed by atoms with Crippen LogP contribution < -0.4 is 5.32 Å². The summed E-state index contributed by atoms with van der Waals surface area (Å²) in [6.45, 7) is 0. The molecule has 25 heavy (non-hydrogen) atoms. The Morgan fingerprint density at radius 3 is 2.32 bits per heavy atom. The van der Waals surface area contributed by atoms with Crippen LogP contribution in [0.2, 0.25) is 0 Å². The van der Waals surface area contributed by atoms with Crippen molar-refractivity contribution < 1.29 is 28.0 Å². The maximum Gasteiger partial charge on any atom is 0.343 e. The van der Waals surface area contributed by atoms with Gasteiger partial charge in [0.05, 0.1) is 0 Å². The first kappa shape index (κ1) is 16.2. The molecule has 3 aromatic rings. The maximum absolute atomic E-state index is 13.2. The van der Waals surface area contributed by atoms with Gasteiger partial charge in [0.25, 0.3) is 5.91 Å². The SMILES string of the molecule is O=C(Nc1onc(-c2ccncc2)c1C(=O)O)c1cc(F)cc(F)c1. The molecule has 1 amide bonds. The lowest BCUT2D eigenvalue weighted by atomic mass is 10.1. The molecule has 3 rings (SSSR count). The number of nitrogens with zero attached hydrogens (tertiary/aromatic N) is 2. The fourth-order valence-electron chi connectivity index (χ4n) is 2.14. The number of aromatic carboxylic acids is 1. The van der Waals surface area contributed by atoms with E-state index in [0.717, 1.165) is 12.1 Å². The molecule has 2 aromatic heterocycles. The standard InChI is InChI=1S/C16H9F2N3O4/c17-10-5-9(6-11(18)7-10)14(22)20-15-12(16(23)24)13(21-25-15)8-1-3-19-4-2-8/h1-7H,(H,20,22)(H,23,24). The number of carboxylic acids is 1. The first-order chi connectivity index (χ1) is 12.0. The van der Waals surface area contributed by atoms with Crippen LogP contribution in [0.25, 0.3) is 11.3 Å². The third-order valence-corrected chi connectivity index (χ3v) is 3.21. The molecule has 0 radical (unpaired) electrons. The molecule has 0 aliphatic carbocycles. The van der Waals surface area contributed by atoms with Crippen molar-refractivity contribution in [2.45, 2.75) is 0 Å². The topological polar surface area (TPSA) is 105 Å². The van der Waals surface area contributed by atoms with Gasteiger partial charge in [0.1, 0.15) is 17.3 Å². The summed E-state index contributed by atoms with van der Waals surface area (Å²) in [5, 5.41) is 15.2. The van der Waals surface area contributed by atoms with Gasteiger partial charge in [0.15, 0.2) is 5.56 Å². The molecule has 126 valence electrons. The highest BCUT2D eigenvalue weighted by atomic mass is 19.1. The van der Waals surface area contributed by atoms with Gasteiger partial charge in [-0.05, 0) is 24.3 Å². The van der Waals surface area contributed by atoms with Crippen molar-refractivity contribution in [3.05, 3.63) is 65.5 Å². The number of pyridine rings is 1. The van der Waals surface area contributed by atoms with Gasteiger partial charge in [-0.1, -0.05) is 5.16 Å². The summed E-state index contributed by atoms with van der Waals surface area (Å²) in [5.41, 5.74) is -0.337. The van der Waals surface area contributed by atoms with Crippen molar-refractivity contribution in [1.29, 1.82) is 0 Å². The van der Waals surface area contributed by atoms with Gasteiger partial charge in [-0.3, -0.25) is 15.1 Å². The van der Waals surface area contributed by atoms with Crippen LogP contribution in [0.1, 0.15) is 20.7 Å². The van der Waals surface area contributed by atoms with Crippen LogP contribution in [0.4, 0.5) is 14.7 Å². The average molecular weight is 345 g/mol. The molecular weight excluding hydrogens is 336 g/mol. The zero-order valence-electron chi connectivity index (χ0n) is 12.4. The molecule has 2 heterocycles. The monoisotopic (exact) mass is 345 g/mol. The highest BCUT2D eigenvalue weighted by Crippen LogP contribution is 2.29. The number of carbonyl (C=O) groups is 2. The average Bonchev–Trinajstić information content (AvgIpc) is 2.98. The highest BCUT2D eigenvalue weighted by Gasteiger charge is 2.25. The van der Waals surface area contributed by atoms with E-state index >= 15 is 0 Å². The van der Waals surface area contributed by atoms with E-state index in [2.05, 4.69) is 15.5 Å². The Labute approximate surface area is 138 Å². The van der Waals surface area contributed by atoms with Gasteiger partial charge in [0.2, 0.25) is 5.88 Å². The minimum absolute atomic E-state index is 0.0179. The molecule has 0 bridgehead atoms. The van der Waals surface area contributed by atoms with Crippen LogP contribution in [-0.4, -0.2) is 27.1 Å². The Morgan fingerprint density at radius 2 is 1.72 bits per heavy atom. The van der Waals surface area contributed by atoms with Crippen molar-refractivity contribution in [3.8, 4) is 11.3 Å². The first-order valence-electron chi connectivity index (χ1n) is 6.86. The molecule has 1 aromatic carbocycles. The van der Waals surface area contributed by atoms with Crippen LogP contribution in [0.3, 0.4) is 0 Å². The van der Waals surface area contributed by atoms with Crippen molar-refractivity contribution in [2.24, 2.45) is 0 Å². The number of carboxylic acid groups (broad SMARTS) is 1. The number of carbonyl (C=O) groups excluding carboxylic acids is 1. The van der Waals surface area contributed by atoms with Crippen molar-refractivity contribution in [2.75, 3.05) is 5.32 Å². The number of halogens is 2. The third kappa shape index (κ3) is 3.34. The summed E-state index contributed by atoms with van der Waals surface area (Å²) in [6.07, 6.45) is 2.87. The lowest BCUT2D eigenvalue weighted by Gasteiger charge is -2.03. The summed E-state index contributed by atoms with van der Waals surface area (Å²) < 4.78 is 31.3. The van der Waals surface area contributed by atoms with Crippen molar-refractivity contribution >= 4 is 17.8 Å². The molecule has 7 nitrogen and oxygen atoms in total. The Hall–Kier alpha value is -3.62. The maximum atomic E-state index is 13.2. The number of nitrogens with one attached hydrogen (secondary N) is 1. The summed E-state index contributed by atoms with van der Waals surface area (Å²) in [6, 6.07) is 5.24. The van der Waals surface area contributed by atoms with E-state index < -0.39 is 35.0 Å². The third-order valence-electron chi connectivity index (χ3n) is 3.21. The summed E-state index contributed by atoms with van der Waals surface area (Å²) in [7, 11) is 0. The highest BCUT2D eigenvalue weighted by molar-refractivity contribution is 6.08. The molecule has 2 N–H and O–H groups in total. The molecule has 0 saturated heterocycles. The largest absolute Gasteiger partial charge is 0.477 e. The fraction of sp³-hybridized carbons (Fsp3) is 0. The van der Waals surface area contributed by atoms with Gasteiger partial charge in [-0.25, -0.2) is 13.6 Å². The molecule has 0 aliphatic heterocycles. The van der Waals surface area contributed by atoms with Crippen LogP contribution in [0, 0.1) is 11.6 Å². The Bertz CT molecular complexity index is 937. The van der Waals surface area contributed by atoms with E-state index in [4.69, 9.17) is 4.52 Å². The normalized spacial score (nSPS) is 10.5. The summed E-state index contributed by atoms with van der Waals surface area (Å²) in [4.78, 5) is 27.4. The van der Waals surface area contributed by atoms with E-state index in [-0.39, 0.29) is 11.3 Å². The minimum atomic E-state index is -1.39. The molecule has 0 spiro atoms. The molecule has 0 unspecified atom stereocenters. The molecule has 0 fully saturated rings. The molecule has 0 saturated carbocycles. The number of hydrogen-bond donors (Lipinski definition) is 2. The van der Waals surface area contributed by atoms with Crippen LogP contribution in [0.5, 0.6) is 0 Å². The van der Waals surface area contributed by atoms with E-state index in [9.17, 15) is 23.5 Å². The number of anilines is 1. The van der Waals surface area contributed by atoms with Gasteiger partial charge in [-0.2, -0.15) is 0 Å². The zero-order valence-corrected chi connectivity index (χ0v) is 12.4. The lowest BCUT2D eigenvalue weighted by molar-refractivity contribution is 0.0698. The molecule has 0 atom stereocenters. The van der Waals surface area contributed by atoms with Gasteiger partial charge in [0, 0.05) is 29.6 Å². The molecule has 0 aliphatic rings. The Morgan fingerprint density at radius 1 is 1.08 bits per heavy atom. The van der Waals surface area contributed by atoms with Crippen LogP contribution >= 0.6 is 0 Å². The van der Waals surface area contributed by atoms with Gasteiger partial charge < -0.3 is 9.63 Å². The zero-order chi connectivity index (χ0) is 18.0. The van der Waals surface area contributed by atoms with Gasteiger partial charge >= 0.3 is 5.97 Å². The summed E-state index contributed by atoms with van der Waals surface area (Å²) in [5.74, 6) is -4.68. The predicted octanol–water partition coefficient (Wildman–Crippen LogP) is 2.97. The van der Waals surface area contributed by atoms with E-state index in [1.807, 2.05) is 0 Å². The number of hydrogen-bond acceptors (Lipinski definition) is 5. The van der Waals surface area contributed by atoms with Gasteiger partial charge in [-0.15, -0.1) is 0 Å². The second-order valence-corrected chi connectivity index (χ2v) is 4.89. The van der Waals surface area contributed by atoms with Crippen molar-refractivity contribution in [1.82, 2.24) is 10.1 Å². The van der Waals surface area contributed by atoms with Crippen LogP contribution in [0.15, 0.2) is 47.2 Å². The van der Waals surface area contributed by atoms with E-state index in [1.54, 1.807) is 0 Å². The number of benzene rings is 1. The Kier molecular flexibility index (Phi) is 4.21. The number of amides is 1. The second kappa shape index (κ2) is 6.48. The van der Waals surface area contributed by atoms with Crippen molar-refractivity contribution in [3.63, 3.8) is 0 Å². The van der Waals surface area contributed by atoms with E-state index in [1.165, 1.54) is 24.5 Å². The fourth-order valence-corrected chi connectivity index (χ4v) is 2.14. The van der Waals surface area contributed by atoms with Crippen LogP contribution in [-0.2, 0) is 0 Å². The summed E-state index contributed by atoms with van der Waals surface area (Å²) >= 11 is 0. The number of rotatable bonds is 4. The van der Waals surface area contributed by atoms with E-state index in [0.29, 0.717) is 11.6 Å².